The Balaban J connectivity index is 2.03. The number of esters is 1. The van der Waals surface area contributed by atoms with E-state index in [0.717, 1.165) is 38.0 Å². The molecule has 6 nitrogen and oxygen atoms in total. The Kier molecular flexibility index (Phi) is 6.73. The summed E-state index contributed by atoms with van der Waals surface area (Å²) in [5.41, 5.74) is 1.05. The molecule has 2 rings (SSSR count). The maximum Gasteiger partial charge on any atom is 0.309 e. The first-order valence-electron chi connectivity index (χ1n) is 8.31. The highest BCUT2D eigenvalue weighted by molar-refractivity contribution is 5.72. The molecule has 0 spiro atoms. The highest BCUT2D eigenvalue weighted by Crippen LogP contribution is 2.40. The van der Waals surface area contributed by atoms with Crippen LogP contribution in [0.2, 0.25) is 0 Å². The molecule has 1 aromatic rings. The lowest BCUT2D eigenvalue weighted by Crippen LogP contribution is -2.36. The van der Waals surface area contributed by atoms with Crippen molar-refractivity contribution in [3.63, 3.8) is 0 Å². The van der Waals surface area contributed by atoms with Crippen molar-refractivity contribution >= 4 is 5.97 Å². The van der Waals surface area contributed by atoms with Crippen LogP contribution in [0.15, 0.2) is 12.1 Å². The molecule has 24 heavy (non-hydrogen) atoms. The van der Waals surface area contributed by atoms with Crippen molar-refractivity contribution in [2.75, 3.05) is 41.0 Å². The van der Waals surface area contributed by atoms with Gasteiger partial charge in [-0.3, -0.25) is 9.69 Å². The van der Waals surface area contributed by atoms with Gasteiger partial charge in [0.2, 0.25) is 5.75 Å². The molecule has 0 unspecified atom stereocenters. The lowest BCUT2D eigenvalue weighted by Gasteiger charge is -2.31. The van der Waals surface area contributed by atoms with E-state index in [1.807, 2.05) is 19.1 Å². The Labute approximate surface area is 143 Å². The lowest BCUT2D eigenvalue weighted by molar-refractivity contribution is -0.149. The predicted molar refractivity (Wildman–Crippen MR) is 90.7 cm³/mol. The Hall–Kier alpha value is -1.95. The molecule has 1 aliphatic heterocycles. The molecule has 1 aromatic carbocycles. The Morgan fingerprint density at radius 1 is 1.08 bits per heavy atom. The molecule has 1 saturated heterocycles. The third-order valence-corrected chi connectivity index (χ3v) is 4.39. The SMILES string of the molecule is CCOC(=O)C1CCN(Cc2ccc(OC)c(OC)c2OC)CC1. The van der Waals surface area contributed by atoms with Crippen molar-refractivity contribution in [3.8, 4) is 17.2 Å². The molecule has 1 fully saturated rings. The van der Waals surface area contributed by atoms with Gasteiger partial charge in [0.05, 0.1) is 33.9 Å². The zero-order valence-corrected chi connectivity index (χ0v) is 15.0. The van der Waals surface area contributed by atoms with Gasteiger partial charge in [-0.25, -0.2) is 0 Å². The van der Waals surface area contributed by atoms with Gasteiger partial charge in [-0.1, -0.05) is 6.07 Å². The van der Waals surface area contributed by atoms with Gasteiger partial charge < -0.3 is 18.9 Å². The Morgan fingerprint density at radius 3 is 2.29 bits per heavy atom. The van der Waals surface area contributed by atoms with E-state index in [1.54, 1.807) is 21.3 Å². The highest BCUT2D eigenvalue weighted by atomic mass is 16.5. The monoisotopic (exact) mass is 337 g/mol. The zero-order chi connectivity index (χ0) is 17.5. The van der Waals surface area contributed by atoms with E-state index >= 15 is 0 Å². The molecule has 6 heteroatoms. The zero-order valence-electron chi connectivity index (χ0n) is 15.0. The molecule has 0 amide bonds. The number of carbonyl (C=O) groups excluding carboxylic acids is 1. The van der Waals surface area contributed by atoms with Gasteiger partial charge in [-0.05, 0) is 38.9 Å². The molecular formula is C18H27NO5. The van der Waals surface area contributed by atoms with Gasteiger partial charge in [-0.15, -0.1) is 0 Å². The molecular weight excluding hydrogens is 310 g/mol. The number of methoxy groups -OCH3 is 3. The van der Waals surface area contributed by atoms with E-state index in [1.165, 1.54) is 0 Å². The third kappa shape index (κ3) is 4.12. The summed E-state index contributed by atoms with van der Waals surface area (Å²) >= 11 is 0. The fourth-order valence-electron chi connectivity index (χ4n) is 3.12. The van der Waals surface area contributed by atoms with Gasteiger partial charge in [0, 0.05) is 12.1 Å². The third-order valence-electron chi connectivity index (χ3n) is 4.39. The van der Waals surface area contributed by atoms with Gasteiger partial charge in [0.15, 0.2) is 11.5 Å². The number of ether oxygens (including phenoxy) is 4. The number of benzene rings is 1. The summed E-state index contributed by atoms with van der Waals surface area (Å²) in [4.78, 5) is 14.1. The molecule has 1 heterocycles. The number of likely N-dealkylation sites (tertiary alicyclic amines) is 1. The van der Waals surface area contributed by atoms with Crippen LogP contribution in [0.5, 0.6) is 17.2 Å². The van der Waals surface area contributed by atoms with E-state index in [-0.39, 0.29) is 11.9 Å². The average Bonchev–Trinajstić information content (AvgIpc) is 2.61. The van der Waals surface area contributed by atoms with Crippen LogP contribution < -0.4 is 14.2 Å². The van der Waals surface area contributed by atoms with Crippen LogP contribution in [-0.4, -0.2) is 51.9 Å². The second-order valence-electron chi connectivity index (χ2n) is 5.80. The maximum atomic E-state index is 11.8. The van der Waals surface area contributed by atoms with Gasteiger partial charge in [0.1, 0.15) is 0 Å². The second kappa shape index (κ2) is 8.78. The Bertz CT molecular complexity index is 553. The molecule has 0 saturated carbocycles. The van der Waals surface area contributed by atoms with Crippen molar-refractivity contribution in [2.24, 2.45) is 5.92 Å². The van der Waals surface area contributed by atoms with Crippen molar-refractivity contribution in [3.05, 3.63) is 17.7 Å². The minimum absolute atomic E-state index is 0.0218. The van der Waals surface area contributed by atoms with E-state index in [9.17, 15) is 4.79 Å². The summed E-state index contributed by atoms with van der Waals surface area (Å²) in [6, 6.07) is 3.89. The number of piperidine rings is 1. The van der Waals surface area contributed by atoms with Crippen LogP contribution in [0.25, 0.3) is 0 Å². The lowest BCUT2D eigenvalue weighted by atomic mass is 9.96. The van der Waals surface area contributed by atoms with Crippen molar-refractivity contribution < 1.29 is 23.7 Å². The fraction of sp³-hybridized carbons (Fsp3) is 0.611. The quantitative estimate of drug-likeness (QED) is 0.713. The van der Waals surface area contributed by atoms with Crippen LogP contribution in [0.4, 0.5) is 0 Å². The molecule has 0 aromatic heterocycles. The van der Waals surface area contributed by atoms with Crippen LogP contribution in [0.3, 0.4) is 0 Å². The number of hydrogen-bond donors (Lipinski definition) is 0. The average molecular weight is 337 g/mol. The summed E-state index contributed by atoms with van der Waals surface area (Å²) in [5, 5.41) is 0. The summed E-state index contributed by atoms with van der Waals surface area (Å²) in [6.45, 7) is 4.76. The second-order valence-corrected chi connectivity index (χ2v) is 5.80. The van der Waals surface area contributed by atoms with E-state index in [2.05, 4.69) is 4.90 Å². The summed E-state index contributed by atoms with van der Waals surface area (Å²) < 4.78 is 21.4. The van der Waals surface area contributed by atoms with Crippen LogP contribution in [0, 0.1) is 5.92 Å². The minimum atomic E-state index is -0.0687. The van der Waals surface area contributed by atoms with E-state index in [0.29, 0.717) is 23.9 Å². The molecule has 134 valence electrons. The van der Waals surface area contributed by atoms with E-state index < -0.39 is 0 Å². The largest absolute Gasteiger partial charge is 0.493 e. The number of nitrogens with zero attached hydrogens (tertiary/aromatic N) is 1. The topological polar surface area (TPSA) is 57.2 Å². The van der Waals surface area contributed by atoms with Gasteiger partial charge >= 0.3 is 5.97 Å². The number of rotatable bonds is 7. The molecule has 0 atom stereocenters. The smallest absolute Gasteiger partial charge is 0.309 e. The number of hydrogen-bond acceptors (Lipinski definition) is 6. The molecule has 0 N–H and O–H groups in total. The van der Waals surface area contributed by atoms with Crippen LogP contribution in [-0.2, 0) is 16.1 Å². The minimum Gasteiger partial charge on any atom is -0.493 e. The molecule has 1 aliphatic rings. The first-order valence-corrected chi connectivity index (χ1v) is 8.31. The van der Waals surface area contributed by atoms with Crippen LogP contribution >= 0.6 is 0 Å². The number of carbonyl (C=O) groups is 1. The van der Waals surface area contributed by atoms with E-state index in [4.69, 9.17) is 18.9 Å². The predicted octanol–water partition coefficient (Wildman–Crippen LogP) is 2.49. The fourth-order valence-corrected chi connectivity index (χ4v) is 3.12. The molecule has 0 aliphatic carbocycles. The first kappa shape index (κ1) is 18.4. The van der Waals surface area contributed by atoms with Gasteiger partial charge in [-0.2, -0.15) is 0 Å². The molecule has 0 bridgehead atoms. The summed E-state index contributed by atoms with van der Waals surface area (Å²) in [7, 11) is 4.85. The van der Waals surface area contributed by atoms with Crippen molar-refractivity contribution in [1.82, 2.24) is 4.90 Å². The maximum absolute atomic E-state index is 11.8. The van der Waals surface area contributed by atoms with Crippen molar-refractivity contribution in [1.29, 1.82) is 0 Å². The molecule has 0 radical (unpaired) electrons. The van der Waals surface area contributed by atoms with Gasteiger partial charge in [0.25, 0.3) is 0 Å². The normalized spacial score (nSPS) is 15.8. The highest BCUT2D eigenvalue weighted by Gasteiger charge is 2.27. The standard InChI is InChI=1S/C18H27NO5/c1-5-24-18(20)13-8-10-19(11-9-13)12-14-6-7-15(21-2)17(23-4)16(14)22-3/h6-7,13H,5,8-12H2,1-4H3. The van der Waals surface area contributed by atoms with Crippen LogP contribution in [0.1, 0.15) is 25.3 Å². The Morgan fingerprint density at radius 2 is 1.75 bits per heavy atom. The summed E-state index contributed by atoms with van der Waals surface area (Å²) in [6.07, 6.45) is 1.66. The van der Waals surface area contributed by atoms with Crippen molar-refractivity contribution in [2.45, 2.75) is 26.3 Å². The summed E-state index contributed by atoms with van der Waals surface area (Å²) in [5.74, 6) is 1.91. The first-order chi connectivity index (χ1) is 11.6.